The maximum absolute atomic E-state index is 5.99. The standard InChI is InChI=1S/C8H16N2.2ClH.Pt/c9-4-7-5-1-2-6(3-5)8(7)10;;;/h5-8H,1-4,9-10H2;2*1H;/q;;;+2/p-2. The van der Waals surface area contributed by atoms with Gasteiger partial charge in [-0.05, 0) is 43.6 Å². The summed E-state index contributed by atoms with van der Waals surface area (Å²) in [6.45, 7) is 0.808. The van der Waals surface area contributed by atoms with E-state index in [-0.39, 0.29) is 45.9 Å². The molecule has 0 saturated heterocycles. The third-order valence-corrected chi connectivity index (χ3v) is 3.43. The molecule has 0 heterocycles. The van der Waals surface area contributed by atoms with Gasteiger partial charge in [0.05, 0.1) is 0 Å². The molecule has 4 unspecified atom stereocenters. The molecule has 4 N–H and O–H groups in total. The van der Waals surface area contributed by atoms with Crippen molar-refractivity contribution in [3.8, 4) is 0 Å². The predicted octanol–water partition coefficient (Wildman–Crippen LogP) is -5.68. The summed E-state index contributed by atoms with van der Waals surface area (Å²) in [5, 5.41) is 0. The maximum atomic E-state index is 5.99. The molecule has 2 aliphatic rings. The van der Waals surface area contributed by atoms with Gasteiger partial charge in [0.2, 0.25) is 0 Å². The SMILES string of the molecule is NCC1C2CCC(C2)C1N.[Cl-].[Cl-].[Pt+2]. The first-order valence-corrected chi connectivity index (χ1v) is 4.28. The third kappa shape index (κ3) is 2.82. The van der Waals surface area contributed by atoms with Gasteiger partial charge in [-0.1, -0.05) is 0 Å². The van der Waals surface area contributed by atoms with Gasteiger partial charge < -0.3 is 36.3 Å². The van der Waals surface area contributed by atoms with Crippen LogP contribution in [0.15, 0.2) is 0 Å². The smallest absolute Gasteiger partial charge is 1.00 e. The molecule has 2 fully saturated rings. The Morgan fingerprint density at radius 2 is 1.62 bits per heavy atom. The molecular formula is C8H16Cl2N2Pt. The topological polar surface area (TPSA) is 52.0 Å². The molecule has 2 aliphatic carbocycles. The fourth-order valence-electron chi connectivity index (χ4n) is 2.80. The predicted molar refractivity (Wildman–Crippen MR) is 41.4 cm³/mol. The van der Waals surface area contributed by atoms with Crippen molar-refractivity contribution in [3.63, 3.8) is 0 Å². The van der Waals surface area contributed by atoms with Gasteiger partial charge in [0, 0.05) is 6.04 Å². The van der Waals surface area contributed by atoms with E-state index in [1.165, 1.54) is 19.3 Å². The van der Waals surface area contributed by atoms with Crippen LogP contribution in [0, 0.1) is 17.8 Å². The zero-order chi connectivity index (χ0) is 7.14. The third-order valence-electron chi connectivity index (χ3n) is 3.43. The second-order valence-electron chi connectivity index (χ2n) is 3.81. The van der Waals surface area contributed by atoms with E-state index in [1.54, 1.807) is 0 Å². The Hall–Kier alpha value is 1.19. The first kappa shape index (κ1) is 16.6. The first-order chi connectivity index (χ1) is 4.83. The van der Waals surface area contributed by atoms with Crippen LogP contribution in [0.1, 0.15) is 19.3 Å². The van der Waals surface area contributed by atoms with Crippen molar-refractivity contribution in [3.05, 3.63) is 0 Å². The molecule has 13 heavy (non-hydrogen) atoms. The largest absolute Gasteiger partial charge is 2.00 e. The Morgan fingerprint density at radius 1 is 1.08 bits per heavy atom. The van der Waals surface area contributed by atoms with E-state index in [2.05, 4.69) is 0 Å². The zero-order valence-electron chi connectivity index (χ0n) is 7.36. The first-order valence-electron chi connectivity index (χ1n) is 4.28. The molecule has 0 spiro atoms. The monoisotopic (exact) mass is 405 g/mol. The van der Waals surface area contributed by atoms with Gasteiger partial charge >= 0.3 is 21.1 Å². The summed E-state index contributed by atoms with van der Waals surface area (Å²) in [6.07, 6.45) is 4.12. The molecule has 5 heteroatoms. The molecule has 0 aromatic rings. The molecule has 0 aliphatic heterocycles. The van der Waals surface area contributed by atoms with Gasteiger partial charge in [-0.15, -0.1) is 0 Å². The van der Waals surface area contributed by atoms with Crippen LogP contribution in [-0.2, 0) is 21.1 Å². The van der Waals surface area contributed by atoms with Gasteiger partial charge in [-0.2, -0.15) is 0 Å². The fourth-order valence-corrected chi connectivity index (χ4v) is 2.80. The van der Waals surface area contributed by atoms with Crippen LogP contribution in [0.2, 0.25) is 0 Å². The molecule has 4 atom stereocenters. The van der Waals surface area contributed by atoms with Gasteiger partial charge in [-0.3, -0.25) is 0 Å². The average Bonchev–Trinajstić information content (AvgIpc) is 2.46. The van der Waals surface area contributed by atoms with Crippen LogP contribution in [-0.4, -0.2) is 12.6 Å². The molecule has 2 rings (SSSR count). The van der Waals surface area contributed by atoms with Crippen molar-refractivity contribution in [1.82, 2.24) is 0 Å². The van der Waals surface area contributed by atoms with Crippen molar-refractivity contribution in [2.24, 2.45) is 29.2 Å². The van der Waals surface area contributed by atoms with Crippen molar-refractivity contribution in [2.75, 3.05) is 6.54 Å². The van der Waals surface area contributed by atoms with Crippen LogP contribution in [0.25, 0.3) is 0 Å². The number of hydrogen-bond donors (Lipinski definition) is 2. The van der Waals surface area contributed by atoms with E-state index >= 15 is 0 Å². The maximum Gasteiger partial charge on any atom is 2.00 e. The Balaban J connectivity index is 0. The molecule has 2 nitrogen and oxygen atoms in total. The van der Waals surface area contributed by atoms with E-state index in [4.69, 9.17) is 11.5 Å². The molecule has 0 aromatic carbocycles. The van der Waals surface area contributed by atoms with Crippen molar-refractivity contribution >= 4 is 0 Å². The summed E-state index contributed by atoms with van der Waals surface area (Å²) < 4.78 is 0. The van der Waals surface area contributed by atoms with Crippen LogP contribution in [0.5, 0.6) is 0 Å². The van der Waals surface area contributed by atoms with Gasteiger partial charge in [0.1, 0.15) is 0 Å². The van der Waals surface area contributed by atoms with Crippen LogP contribution in [0.4, 0.5) is 0 Å². The number of nitrogens with two attached hydrogens (primary N) is 2. The summed E-state index contributed by atoms with van der Waals surface area (Å²) in [6, 6.07) is 0.434. The quantitative estimate of drug-likeness (QED) is 0.457. The van der Waals surface area contributed by atoms with Crippen molar-refractivity contribution in [1.29, 1.82) is 0 Å². The molecule has 2 bridgehead atoms. The minimum Gasteiger partial charge on any atom is -1.00 e. The summed E-state index contributed by atoms with van der Waals surface area (Å²) >= 11 is 0. The summed E-state index contributed by atoms with van der Waals surface area (Å²) in [7, 11) is 0. The van der Waals surface area contributed by atoms with E-state index in [9.17, 15) is 0 Å². The molecule has 2 saturated carbocycles. The van der Waals surface area contributed by atoms with Gasteiger partial charge in [-0.25, -0.2) is 0 Å². The average molecular weight is 406 g/mol. The molecule has 82 valence electrons. The number of fused-ring (bicyclic) bond motifs is 2. The minimum atomic E-state index is 0. The van der Waals surface area contributed by atoms with Gasteiger partial charge in [0.25, 0.3) is 0 Å². The Morgan fingerprint density at radius 3 is 1.92 bits per heavy atom. The number of hydrogen-bond acceptors (Lipinski definition) is 2. The summed E-state index contributed by atoms with van der Waals surface area (Å²) in [5.74, 6) is 2.35. The number of halogens is 2. The zero-order valence-corrected chi connectivity index (χ0v) is 11.1. The second kappa shape index (κ2) is 6.63. The molecule has 0 aromatic heterocycles. The Bertz CT molecular complexity index is 146. The van der Waals surface area contributed by atoms with E-state index in [0.717, 1.165) is 18.4 Å². The summed E-state index contributed by atoms with van der Waals surface area (Å²) in [4.78, 5) is 0. The Labute approximate surface area is 107 Å². The van der Waals surface area contributed by atoms with Gasteiger partial charge in [0.15, 0.2) is 0 Å². The van der Waals surface area contributed by atoms with E-state index in [1.807, 2.05) is 0 Å². The Kier molecular flexibility index (Phi) is 8.47. The van der Waals surface area contributed by atoms with E-state index < -0.39 is 0 Å². The van der Waals surface area contributed by atoms with Crippen LogP contribution >= 0.6 is 0 Å². The van der Waals surface area contributed by atoms with Crippen LogP contribution < -0.4 is 36.3 Å². The van der Waals surface area contributed by atoms with Crippen molar-refractivity contribution in [2.45, 2.75) is 25.3 Å². The fraction of sp³-hybridized carbons (Fsp3) is 1.00. The molecular weight excluding hydrogens is 390 g/mol. The normalized spacial score (nSPS) is 40.2. The summed E-state index contributed by atoms with van der Waals surface area (Å²) in [5.41, 5.74) is 11.6. The van der Waals surface area contributed by atoms with Crippen LogP contribution in [0.3, 0.4) is 0 Å². The van der Waals surface area contributed by atoms with Crippen molar-refractivity contribution < 1.29 is 45.9 Å². The van der Waals surface area contributed by atoms with E-state index in [0.29, 0.717) is 12.0 Å². The molecule has 0 amide bonds. The minimum absolute atomic E-state index is 0. The second-order valence-corrected chi connectivity index (χ2v) is 3.81. The number of rotatable bonds is 1. The molecule has 0 radical (unpaired) electrons.